The molecular formula is C23H27N5O3. The van der Waals surface area contributed by atoms with Crippen LogP contribution in [0, 0.1) is 0 Å². The first-order chi connectivity index (χ1) is 15.2. The number of anilines is 1. The van der Waals surface area contributed by atoms with Crippen LogP contribution in [-0.4, -0.2) is 52.8 Å². The third-order valence-corrected chi connectivity index (χ3v) is 6.22. The van der Waals surface area contributed by atoms with Crippen LogP contribution in [0.25, 0.3) is 10.9 Å². The summed E-state index contributed by atoms with van der Waals surface area (Å²) in [7, 11) is 0. The summed E-state index contributed by atoms with van der Waals surface area (Å²) in [6, 6.07) is 8.34. The minimum absolute atomic E-state index is 0.0830. The second kappa shape index (κ2) is 8.55. The molecule has 0 spiro atoms. The minimum atomic E-state index is -0.509. The predicted octanol–water partition coefficient (Wildman–Crippen LogP) is 2.93. The van der Waals surface area contributed by atoms with E-state index in [2.05, 4.69) is 39.0 Å². The molecule has 162 valence electrons. The highest BCUT2D eigenvalue weighted by Crippen LogP contribution is 2.34. The van der Waals surface area contributed by atoms with E-state index in [-0.39, 0.29) is 6.10 Å². The Morgan fingerprint density at radius 2 is 1.84 bits per heavy atom. The first-order valence-corrected chi connectivity index (χ1v) is 10.9. The van der Waals surface area contributed by atoms with Gasteiger partial charge < -0.3 is 24.7 Å². The van der Waals surface area contributed by atoms with Crippen LogP contribution in [0.15, 0.2) is 42.9 Å². The fraction of sp³-hybridized carbons (Fsp3) is 0.435. The molecule has 5 rings (SSSR count). The second-order valence-corrected chi connectivity index (χ2v) is 8.22. The monoisotopic (exact) mass is 421 g/mol. The standard InChI is InChI=1S/C23H27N5O3/c24-22(29)16-13-19-20(25-15-16)14-21(28-9-11-30-12-10-28)26-23(19)31-18-5-3-17(4-6-18)27-7-1-2-8-27/h1-2,7-8,13-15,17-18H,3-6,9-12H2,(H2,24,29)/t17-,18+. The lowest BCUT2D eigenvalue weighted by molar-refractivity contribution is 0.1000. The predicted molar refractivity (Wildman–Crippen MR) is 117 cm³/mol. The van der Waals surface area contributed by atoms with Crippen molar-refractivity contribution >= 4 is 22.6 Å². The Kier molecular flexibility index (Phi) is 5.46. The zero-order valence-corrected chi connectivity index (χ0v) is 17.4. The van der Waals surface area contributed by atoms with Crippen molar-refractivity contribution in [2.75, 3.05) is 31.2 Å². The van der Waals surface area contributed by atoms with Crippen molar-refractivity contribution in [3.8, 4) is 5.88 Å². The summed E-state index contributed by atoms with van der Waals surface area (Å²) in [6.45, 7) is 2.90. The van der Waals surface area contributed by atoms with Crippen LogP contribution in [0.5, 0.6) is 5.88 Å². The molecule has 1 aliphatic carbocycles. The molecule has 1 saturated heterocycles. The summed E-state index contributed by atoms with van der Waals surface area (Å²) in [5.41, 5.74) is 6.59. The van der Waals surface area contributed by atoms with Crippen LogP contribution in [0.2, 0.25) is 0 Å². The molecule has 0 atom stereocenters. The third-order valence-electron chi connectivity index (χ3n) is 6.22. The van der Waals surface area contributed by atoms with Crippen LogP contribution >= 0.6 is 0 Å². The molecule has 2 N–H and O–H groups in total. The number of rotatable bonds is 5. The van der Waals surface area contributed by atoms with Gasteiger partial charge in [0.25, 0.3) is 0 Å². The van der Waals surface area contributed by atoms with Crippen molar-refractivity contribution in [3.05, 3.63) is 48.4 Å². The summed E-state index contributed by atoms with van der Waals surface area (Å²) in [5, 5.41) is 0.723. The molecule has 1 amide bonds. The van der Waals surface area contributed by atoms with E-state index in [4.69, 9.17) is 20.2 Å². The zero-order chi connectivity index (χ0) is 21.2. The largest absolute Gasteiger partial charge is 0.474 e. The van der Waals surface area contributed by atoms with Crippen molar-refractivity contribution in [3.63, 3.8) is 0 Å². The van der Waals surface area contributed by atoms with E-state index in [0.29, 0.717) is 30.7 Å². The van der Waals surface area contributed by atoms with Crippen molar-refractivity contribution in [1.82, 2.24) is 14.5 Å². The smallest absolute Gasteiger partial charge is 0.250 e. The van der Waals surface area contributed by atoms with Crippen molar-refractivity contribution in [2.24, 2.45) is 5.73 Å². The minimum Gasteiger partial charge on any atom is -0.474 e. The number of primary amides is 1. The van der Waals surface area contributed by atoms with Gasteiger partial charge in [0.05, 0.1) is 29.7 Å². The molecule has 31 heavy (non-hydrogen) atoms. The number of aromatic nitrogens is 3. The first kappa shape index (κ1) is 19.8. The normalized spacial score (nSPS) is 21.9. The average molecular weight is 422 g/mol. The summed E-state index contributed by atoms with van der Waals surface area (Å²) in [4.78, 5) is 23.2. The molecule has 8 nitrogen and oxygen atoms in total. The molecule has 3 aromatic rings. The molecule has 0 radical (unpaired) electrons. The van der Waals surface area contributed by atoms with E-state index in [1.54, 1.807) is 6.07 Å². The SMILES string of the molecule is NC(=O)c1cnc2cc(N3CCOCC3)nc(O[C@H]3CC[C@@H](n4cccc4)CC3)c2c1. The van der Waals surface area contributed by atoms with Gasteiger partial charge in [-0.1, -0.05) is 0 Å². The maximum Gasteiger partial charge on any atom is 0.250 e. The van der Waals surface area contributed by atoms with Crippen LogP contribution in [-0.2, 0) is 4.74 Å². The summed E-state index contributed by atoms with van der Waals surface area (Å²) < 4.78 is 14.2. The number of carbonyl (C=O) groups is 1. The van der Waals surface area contributed by atoms with Gasteiger partial charge in [-0.15, -0.1) is 0 Å². The number of pyridine rings is 2. The molecule has 1 saturated carbocycles. The number of fused-ring (bicyclic) bond motifs is 1. The Morgan fingerprint density at radius 3 is 2.55 bits per heavy atom. The van der Waals surface area contributed by atoms with Gasteiger partial charge in [-0.2, -0.15) is 4.98 Å². The molecule has 8 heteroatoms. The molecule has 2 fully saturated rings. The van der Waals surface area contributed by atoms with Gasteiger partial charge in [-0.05, 0) is 43.9 Å². The maximum atomic E-state index is 11.7. The number of amides is 1. The van der Waals surface area contributed by atoms with Gasteiger partial charge in [-0.25, -0.2) is 0 Å². The van der Waals surface area contributed by atoms with Crippen molar-refractivity contribution < 1.29 is 14.3 Å². The molecule has 0 bridgehead atoms. The highest BCUT2D eigenvalue weighted by Gasteiger charge is 2.25. The van der Waals surface area contributed by atoms with Crippen LogP contribution in [0.1, 0.15) is 42.1 Å². The molecule has 3 aromatic heterocycles. The number of hydrogen-bond acceptors (Lipinski definition) is 6. The van der Waals surface area contributed by atoms with Gasteiger partial charge in [-0.3, -0.25) is 9.78 Å². The number of hydrogen-bond donors (Lipinski definition) is 1. The van der Waals surface area contributed by atoms with E-state index in [0.717, 1.165) is 55.5 Å². The van der Waals surface area contributed by atoms with Crippen LogP contribution in [0.4, 0.5) is 5.82 Å². The lowest BCUT2D eigenvalue weighted by Crippen LogP contribution is -2.36. The Morgan fingerprint density at radius 1 is 1.10 bits per heavy atom. The number of nitrogens with zero attached hydrogens (tertiary/aromatic N) is 4. The maximum absolute atomic E-state index is 11.7. The second-order valence-electron chi connectivity index (χ2n) is 8.22. The van der Waals surface area contributed by atoms with Gasteiger partial charge in [0.1, 0.15) is 11.9 Å². The van der Waals surface area contributed by atoms with Crippen LogP contribution in [0.3, 0.4) is 0 Å². The van der Waals surface area contributed by atoms with E-state index in [1.807, 2.05) is 6.07 Å². The molecular weight excluding hydrogens is 394 g/mol. The number of ether oxygens (including phenoxy) is 2. The molecule has 1 aliphatic heterocycles. The molecule has 2 aliphatic rings. The van der Waals surface area contributed by atoms with E-state index in [1.165, 1.54) is 6.20 Å². The topological polar surface area (TPSA) is 95.5 Å². The fourth-order valence-electron chi connectivity index (χ4n) is 4.47. The lowest BCUT2D eigenvalue weighted by Gasteiger charge is -2.31. The van der Waals surface area contributed by atoms with Gasteiger partial charge in [0, 0.05) is 43.8 Å². The Hall–Kier alpha value is -3.13. The van der Waals surface area contributed by atoms with Crippen molar-refractivity contribution in [1.29, 1.82) is 0 Å². The average Bonchev–Trinajstić information content (AvgIpc) is 3.35. The van der Waals surface area contributed by atoms with Crippen LogP contribution < -0.4 is 15.4 Å². The molecule has 4 heterocycles. The van der Waals surface area contributed by atoms with Gasteiger partial charge in [0.15, 0.2) is 0 Å². The quantitative estimate of drug-likeness (QED) is 0.681. The van der Waals surface area contributed by atoms with Crippen molar-refractivity contribution in [2.45, 2.75) is 37.8 Å². The summed E-state index contributed by atoms with van der Waals surface area (Å²) in [5.74, 6) is 0.843. The molecule has 0 aromatic carbocycles. The van der Waals surface area contributed by atoms with Gasteiger partial charge in [0.2, 0.25) is 11.8 Å². The number of nitrogens with two attached hydrogens (primary N) is 1. The fourth-order valence-corrected chi connectivity index (χ4v) is 4.47. The zero-order valence-electron chi connectivity index (χ0n) is 17.4. The Bertz CT molecular complexity index is 1050. The van der Waals surface area contributed by atoms with E-state index in [9.17, 15) is 4.79 Å². The van der Waals surface area contributed by atoms with E-state index >= 15 is 0 Å². The first-order valence-electron chi connectivity index (χ1n) is 10.9. The van der Waals surface area contributed by atoms with E-state index < -0.39 is 5.91 Å². The number of morpholine rings is 1. The highest BCUT2D eigenvalue weighted by molar-refractivity contribution is 5.97. The highest BCUT2D eigenvalue weighted by atomic mass is 16.5. The lowest BCUT2D eigenvalue weighted by atomic mass is 9.93. The Labute approximate surface area is 181 Å². The third kappa shape index (κ3) is 4.20. The van der Waals surface area contributed by atoms with Gasteiger partial charge >= 0.3 is 0 Å². The Balaban J connectivity index is 1.42. The summed E-state index contributed by atoms with van der Waals surface area (Å²) >= 11 is 0. The summed E-state index contributed by atoms with van der Waals surface area (Å²) in [6.07, 6.45) is 9.89. The molecule has 0 unspecified atom stereocenters. The number of carbonyl (C=O) groups excluding carboxylic acids is 1.